The molecule has 1 N–H and O–H groups in total. The summed E-state index contributed by atoms with van der Waals surface area (Å²) in [4.78, 5) is 38.1. The third-order valence-corrected chi connectivity index (χ3v) is 6.88. The Bertz CT molecular complexity index is 967. The minimum atomic E-state index is -4.00. The van der Waals surface area contributed by atoms with E-state index in [1.165, 1.54) is 35.5 Å². The van der Waals surface area contributed by atoms with Crippen LogP contribution in [0.2, 0.25) is 0 Å². The number of imide groups is 1. The molecule has 0 aliphatic carbocycles. The molecular formula is C23H35N3O6S. The molecule has 1 fully saturated rings. The molecule has 0 spiro atoms. The second-order valence-corrected chi connectivity index (χ2v) is 11.5. The van der Waals surface area contributed by atoms with Gasteiger partial charge >= 0.3 is 6.09 Å². The van der Waals surface area contributed by atoms with Crippen LogP contribution in [0, 0.1) is 5.92 Å². The Morgan fingerprint density at radius 2 is 1.76 bits per heavy atom. The van der Waals surface area contributed by atoms with E-state index in [2.05, 4.69) is 5.32 Å². The number of hydrogen-bond donors (Lipinski definition) is 1. The van der Waals surface area contributed by atoms with Gasteiger partial charge in [-0.05, 0) is 70.2 Å². The first-order valence-electron chi connectivity index (χ1n) is 11.2. The lowest BCUT2D eigenvalue weighted by molar-refractivity contribution is -0.124. The van der Waals surface area contributed by atoms with Gasteiger partial charge in [0.15, 0.2) is 0 Å². The molecule has 0 unspecified atom stereocenters. The van der Waals surface area contributed by atoms with Gasteiger partial charge in [-0.2, -0.15) is 4.31 Å². The maximum absolute atomic E-state index is 13.5. The smallest absolute Gasteiger partial charge is 0.421 e. The topological polar surface area (TPSA) is 113 Å². The number of nitrogens with one attached hydrogen (secondary N) is 1. The Hall–Kier alpha value is -2.46. The first-order valence-corrected chi connectivity index (χ1v) is 12.6. The van der Waals surface area contributed by atoms with Crippen LogP contribution in [0.3, 0.4) is 0 Å². The van der Waals surface area contributed by atoms with Crippen molar-refractivity contribution in [3.63, 3.8) is 0 Å². The largest absolute Gasteiger partial charge is 0.443 e. The predicted molar refractivity (Wildman–Crippen MR) is 125 cm³/mol. The fourth-order valence-corrected chi connectivity index (χ4v) is 5.36. The third-order valence-electron chi connectivity index (χ3n) is 4.99. The molecule has 9 nitrogen and oxygen atoms in total. The van der Waals surface area contributed by atoms with Crippen LogP contribution < -0.4 is 10.2 Å². The number of ether oxygens (including phenoxy) is 1. The van der Waals surface area contributed by atoms with Gasteiger partial charge in [-0.3, -0.25) is 9.59 Å². The first kappa shape index (κ1) is 26.8. The van der Waals surface area contributed by atoms with Crippen LogP contribution in [-0.2, 0) is 24.3 Å². The first-order chi connectivity index (χ1) is 15.2. The number of hydrogen-bond acceptors (Lipinski definition) is 6. The van der Waals surface area contributed by atoms with E-state index in [9.17, 15) is 22.8 Å². The van der Waals surface area contributed by atoms with Gasteiger partial charge in [-0.25, -0.2) is 18.1 Å². The molecule has 1 saturated heterocycles. The molecule has 1 aromatic carbocycles. The predicted octanol–water partition coefficient (Wildman–Crippen LogP) is 3.29. The van der Waals surface area contributed by atoms with Gasteiger partial charge in [0.2, 0.25) is 21.8 Å². The zero-order chi connectivity index (χ0) is 25.0. The van der Waals surface area contributed by atoms with Crippen LogP contribution in [0.1, 0.15) is 60.8 Å². The van der Waals surface area contributed by atoms with Crippen LogP contribution in [0.25, 0.3) is 0 Å². The van der Waals surface area contributed by atoms with Gasteiger partial charge in [-0.15, -0.1) is 0 Å². The molecule has 0 bridgehead atoms. The van der Waals surface area contributed by atoms with E-state index in [0.717, 1.165) is 17.7 Å². The van der Waals surface area contributed by atoms with Gasteiger partial charge in [0.25, 0.3) is 0 Å². The van der Waals surface area contributed by atoms with Crippen molar-refractivity contribution in [1.29, 1.82) is 0 Å². The molecule has 0 radical (unpaired) electrons. The minimum absolute atomic E-state index is 0.00970. The van der Waals surface area contributed by atoms with E-state index in [4.69, 9.17) is 4.74 Å². The molecule has 2 rings (SSSR count). The summed E-state index contributed by atoms with van der Waals surface area (Å²) < 4.78 is 33.6. The zero-order valence-corrected chi connectivity index (χ0v) is 21.1. The standard InChI is InChI=1S/C23H35N3O6S/c1-16(2)15-25(20-9-7-8-14-24-21(20)28)33(30,31)19-12-10-18(11-13-19)26(17(3)27)22(29)32-23(4,5)6/h10-13,16,20H,7-9,14-15H2,1-6H3,(H,24,28)/t20-/m0/s1. The summed E-state index contributed by atoms with van der Waals surface area (Å²) in [5.74, 6) is -0.840. The van der Waals surface area contributed by atoms with Crippen LogP contribution >= 0.6 is 0 Å². The molecule has 1 aromatic rings. The second kappa shape index (κ2) is 10.6. The quantitative estimate of drug-likeness (QED) is 0.667. The zero-order valence-electron chi connectivity index (χ0n) is 20.3. The highest BCUT2D eigenvalue weighted by molar-refractivity contribution is 7.89. The average Bonchev–Trinajstić information content (AvgIpc) is 2.89. The van der Waals surface area contributed by atoms with Crippen molar-refractivity contribution in [1.82, 2.24) is 9.62 Å². The van der Waals surface area contributed by atoms with Crippen LogP contribution in [0.15, 0.2) is 29.2 Å². The molecule has 33 heavy (non-hydrogen) atoms. The highest BCUT2D eigenvalue weighted by Crippen LogP contribution is 2.26. The summed E-state index contributed by atoms with van der Waals surface area (Å²) >= 11 is 0. The second-order valence-electron chi connectivity index (χ2n) is 9.60. The SMILES string of the molecule is CC(=O)N(C(=O)OC(C)(C)C)c1ccc(S(=O)(=O)N(CC(C)C)[C@H]2CCCCNC2=O)cc1. The summed E-state index contributed by atoms with van der Waals surface area (Å²) in [6, 6.07) is 4.67. The lowest BCUT2D eigenvalue weighted by atomic mass is 10.1. The molecular weight excluding hydrogens is 446 g/mol. The number of benzene rings is 1. The summed E-state index contributed by atoms with van der Waals surface area (Å²) in [6.07, 6.45) is 1.16. The Kier molecular flexibility index (Phi) is 8.64. The van der Waals surface area contributed by atoms with Gasteiger partial charge in [0.1, 0.15) is 11.6 Å². The Labute approximate surface area is 196 Å². The summed E-state index contributed by atoms with van der Waals surface area (Å²) in [5, 5.41) is 2.80. The molecule has 1 aliphatic rings. The van der Waals surface area contributed by atoms with Gasteiger partial charge in [0, 0.05) is 20.0 Å². The van der Waals surface area contributed by atoms with Crippen molar-refractivity contribution < 1.29 is 27.5 Å². The average molecular weight is 482 g/mol. The molecule has 10 heteroatoms. The van der Waals surface area contributed by atoms with Gasteiger partial charge < -0.3 is 10.1 Å². The number of anilines is 1. The van der Waals surface area contributed by atoms with Crippen LogP contribution in [0.5, 0.6) is 0 Å². The van der Waals surface area contributed by atoms with E-state index in [1.54, 1.807) is 20.8 Å². The molecule has 0 aromatic heterocycles. The summed E-state index contributed by atoms with van der Waals surface area (Å²) in [7, 11) is -4.00. The summed E-state index contributed by atoms with van der Waals surface area (Å²) in [5.41, 5.74) is -0.608. The van der Waals surface area contributed by atoms with E-state index < -0.39 is 33.7 Å². The normalized spacial score (nSPS) is 17.5. The Morgan fingerprint density at radius 1 is 1.15 bits per heavy atom. The highest BCUT2D eigenvalue weighted by Gasteiger charge is 2.37. The van der Waals surface area contributed by atoms with Crippen LogP contribution in [-0.4, -0.2) is 55.4 Å². The van der Waals surface area contributed by atoms with Crippen molar-refractivity contribution in [2.75, 3.05) is 18.0 Å². The van der Waals surface area contributed by atoms with E-state index >= 15 is 0 Å². The van der Waals surface area contributed by atoms with Crippen molar-refractivity contribution in [2.45, 2.75) is 77.3 Å². The number of carbonyl (C=O) groups excluding carboxylic acids is 3. The van der Waals surface area contributed by atoms with E-state index in [0.29, 0.717) is 13.0 Å². The number of rotatable bonds is 6. The Balaban J connectivity index is 2.40. The number of carbonyl (C=O) groups is 3. The number of nitrogens with zero attached hydrogens (tertiary/aromatic N) is 2. The fraction of sp³-hybridized carbons (Fsp3) is 0.609. The number of amides is 3. The summed E-state index contributed by atoms with van der Waals surface area (Å²) in [6.45, 7) is 10.8. The monoisotopic (exact) mass is 481 g/mol. The molecule has 0 saturated carbocycles. The van der Waals surface area contributed by atoms with Crippen molar-refractivity contribution in [3.8, 4) is 0 Å². The van der Waals surface area contributed by atoms with Gasteiger partial charge in [-0.1, -0.05) is 13.8 Å². The van der Waals surface area contributed by atoms with Crippen LogP contribution in [0.4, 0.5) is 10.5 Å². The minimum Gasteiger partial charge on any atom is -0.443 e. The van der Waals surface area contributed by atoms with Gasteiger partial charge in [0.05, 0.1) is 10.6 Å². The molecule has 3 amide bonds. The molecule has 1 atom stereocenters. The van der Waals surface area contributed by atoms with E-state index in [-0.39, 0.29) is 29.0 Å². The fourth-order valence-electron chi connectivity index (χ4n) is 3.58. The third kappa shape index (κ3) is 7.01. The maximum atomic E-state index is 13.5. The van der Waals surface area contributed by atoms with Crippen molar-refractivity contribution in [2.24, 2.45) is 5.92 Å². The highest BCUT2D eigenvalue weighted by atomic mass is 32.2. The lowest BCUT2D eigenvalue weighted by Gasteiger charge is -2.30. The van der Waals surface area contributed by atoms with E-state index in [1.807, 2.05) is 13.8 Å². The number of sulfonamides is 1. The molecule has 1 aliphatic heterocycles. The van der Waals surface area contributed by atoms with Crippen molar-refractivity contribution >= 4 is 33.6 Å². The lowest BCUT2D eigenvalue weighted by Crippen LogP contribution is -2.49. The van der Waals surface area contributed by atoms with Crippen molar-refractivity contribution in [3.05, 3.63) is 24.3 Å². The molecule has 184 valence electrons. The maximum Gasteiger partial charge on any atom is 0.421 e. The Morgan fingerprint density at radius 3 is 2.27 bits per heavy atom. The molecule has 1 heterocycles.